The monoisotopic (exact) mass is 243 g/mol. The topological polar surface area (TPSA) is 55.8 Å². The van der Waals surface area contributed by atoms with Gasteiger partial charge in [0.2, 0.25) is 5.91 Å². The first-order valence-corrected chi connectivity index (χ1v) is 6.02. The molecular formula is C12H21NO4. The zero-order valence-corrected chi connectivity index (χ0v) is 10.8. The van der Waals surface area contributed by atoms with E-state index in [0.29, 0.717) is 6.42 Å². The van der Waals surface area contributed by atoms with Gasteiger partial charge in [0.05, 0.1) is 19.6 Å². The fraction of sp³-hybridized carbons (Fsp3) is 0.833. The normalized spacial score (nSPS) is 19.4. The van der Waals surface area contributed by atoms with E-state index in [1.54, 1.807) is 0 Å². The van der Waals surface area contributed by atoms with Gasteiger partial charge in [-0.25, -0.2) is 0 Å². The number of carbonyl (C=O) groups excluding carboxylic acids is 2. The Morgan fingerprint density at radius 3 is 2.65 bits per heavy atom. The first kappa shape index (κ1) is 14.0. The molecular weight excluding hydrogens is 222 g/mol. The average Bonchev–Trinajstić information content (AvgIpc) is 2.77. The van der Waals surface area contributed by atoms with Gasteiger partial charge in [-0.2, -0.15) is 0 Å². The van der Waals surface area contributed by atoms with Gasteiger partial charge < -0.3 is 14.4 Å². The summed E-state index contributed by atoms with van der Waals surface area (Å²) in [7, 11) is 1.32. The third-order valence-electron chi connectivity index (χ3n) is 2.90. The predicted octanol–water partition coefficient (Wildman–Crippen LogP) is 0.965. The Morgan fingerprint density at radius 2 is 2.18 bits per heavy atom. The Balaban J connectivity index is 2.50. The molecule has 0 aromatic carbocycles. The molecule has 0 aromatic rings. The van der Waals surface area contributed by atoms with E-state index in [0.717, 1.165) is 19.4 Å². The fourth-order valence-electron chi connectivity index (χ4n) is 1.88. The highest BCUT2D eigenvalue weighted by atomic mass is 16.5. The van der Waals surface area contributed by atoms with E-state index in [2.05, 4.69) is 4.74 Å². The lowest BCUT2D eigenvalue weighted by atomic mass is 10.1. The fourth-order valence-corrected chi connectivity index (χ4v) is 1.88. The second kappa shape index (κ2) is 6.59. The second-order valence-corrected chi connectivity index (χ2v) is 4.53. The highest BCUT2D eigenvalue weighted by Crippen LogP contribution is 2.17. The molecule has 1 atom stereocenters. The lowest BCUT2D eigenvalue weighted by Crippen LogP contribution is -2.42. The third kappa shape index (κ3) is 4.34. The van der Waals surface area contributed by atoms with Gasteiger partial charge in [0.25, 0.3) is 0 Å². The quantitative estimate of drug-likeness (QED) is 0.675. The Kier molecular flexibility index (Phi) is 5.41. The summed E-state index contributed by atoms with van der Waals surface area (Å²) in [6.45, 7) is 4.52. The van der Waals surface area contributed by atoms with Crippen molar-refractivity contribution in [3.63, 3.8) is 0 Å². The molecule has 0 radical (unpaired) electrons. The molecule has 1 fully saturated rings. The molecule has 1 amide bonds. The minimum absolute atomic E-state index is 0.0111. The Morgan fingerprint density at radius 1 is 1.47 bits per heavy atom. The molecule has 5 nitrogen and oxygen atoms in total. The molecule has 5 heteroatoms. The number of methoxy groups -OCH3 is 1. The molecule has 0 aromatic heterocycles. The van der Waals surface area contributed by atoms with Crippen molar-refractivity contribution < 1.29 is 19.1 Å². The number of hydrogen-bond donors (Lipinski definition) is 0. The predicted molar refractivity (Wildman–Crippen MR) is 62.5 cm³/mol. The molecule has 1 unspecified atom stereocenters. The lowest BCUT2D eigenvalue weighted by Gasteiger charge is -2.26. The van der Waals surface area contributed by atoms with Crippen LogP contribution >= 0.6 is 0 Å². The lowest BCUT2D eigenvalue weighted by molar-refractivity contribution is -0.149. The summed E-state index contributed by atoms with van der Waals surface area (Å²) in [4.78, 5) is 24.8. The largest absolute Gasteiger partial charge is 0.468 e. The first-order chi connectivity index (χ1) is 8.04. The summed E-state index contributed by atoms with van der Waals surface area (Å²) in [5.41, 5.74) is 0. The van der Waals surface area contributed by atoms with Crippen molar-refractivity contribution in [3.05, 3.63) is 0 Å². The molecule has 0 aliphatic carbocycles. The average molecular weight is 243 g/mol. The van der Waals surface area contributed by atoms with Crippen molar-refractivity contribution in [2.45, 2.75) is 45.3 Å². The number of amides is 1. The molecule has 17 heavy (non-hydrogen) atoms. The molecule has 1 rings (SSSR count). The number of carbonyl (C=O) groups is 2. The van der Waals surface area contributed by atoms with Crippen molar-refractivity contribution in [1.82, 2.24) is 4.90 Å². The Labute approximate surface area is 102 Å². The van der Waals surface area contributed by atoms with E-state index >= 15 is 0 Å². The van der Waals surface area contributed by atoms with Crippen LogP contribution in [0.1, 0.15) is 33.1 Å². The van der Waals surface area contributed by atoms with Crippen LogP contribution in [0.5, 0.6) is 0 Å². The molecule has 1 aliphatic rings. The van der Waals surface area contributed by atoms with Crippen LogP contribution in [-0.4, -0.2) is 49.2 Å². The summed E-state index contributed by atoms with van der Waals surface area (Å²) in [6.07, 6.45) is 2.31. The second-order valence-electron chi connectivity index (χ2n) is 4.53. The molecule has 1 heterocycles. The summed E-state index contributed by atoms with van der Waals surface area (Å²) in [5, 5.41) is 0. The Bertz CT molecular complexity index is 272. The molecule has 1 saturated heterocycles. The van der Waals surface area contributed by atoms with Gasteiger partial charge in [-0.15, -0.1) is 0 Å². The zero-order chi connectivity index (χ0) is 12.8. The highest BCUT2D eigenvalue weighted by molar-refractivity contribution is 5.82. The van der Waals surface area contributed by atoms with Gasteiger partial charge in [0.15, 0.2) is 0 Å². The van der Waals surface area contributed by atoms with E-state index in [-0.39, 0.29) is 30.6 Å². The standard InChI is InChI=1S/C12H21NO4/c1-9(2)13(8-12(15)16-3)11(14)7-10-5-4-6-17-10/h9-10H,4-8H2,1-3H3. The van der Waals surface area contributed by atoms with Crippen LogP contribution in [-0.2, 0) is 19.1 Å². The van der Waals surface area contributed by atoms with Crippen molar-refractivity contribution in [1.29, 1.82) is 0 Å². The zero-order valence-electron chi connectivity index (χ0n) is 10.8. The van der Waals surface area contributed by atoms with Crippen LogP contribution < -0.4 is 0 Å². The van der Waals surface area contributed by atoms with Crippen LogP contribution in [0.3, 0.4) is 0 Å². The summed E-state index contributed by atoms with van der Waals surface area (Å²) < 4.78 is 10.0. The smallest absolute Gasteiger partial charge is 0.325 e. The minimum atomic E-state index is -0.389. The minimum Gasteiger partial charge on any atom is -0.468 e. The maximum atomic E-state index is 12.0. The molecule has 0 bridgehead atoms. The third-order valence-corrected chi connectivity index (χ3v) is 2.90. The highest BCUT2D eigenvalue weighted by Gasteiger charge is 2.25. The van der Waals surface area contributed by atoms with Crippen LogP contribution in [0.4, 0.5) is 0 Å². The number of hydrogen-bond acceptors (Lipinski definition) is 4. The maximum absolute atomic E-state index is 12.0. The van der Waals surface area contributed by atoms with Crippen LogP contribution in [0, 0.1) is 0 Å². The van der Waals surface area contributed by atoms with Gasteiger partial charge in [-0.3, -0.25) is 9.59 Å². The first-order valence-electron chi connectivity index (χ1n) is 6.02. The van der Waals surface area contributed by atoms with E-state index in [1.165, 1.54) is 12.0 Å². The van der Waals surface area contributed by atoms with Crippen LogP contribution in [0.2, 0.25) is 0 Å². The van der Waals surface area contributed by atoms with Crippen LogP contribution in [0.25, 0.3) is 0 Å². The molecule has 98 valence electrons. The maximum Gasteiger partial charge on any atom is 0.325 e. The van der Waals surface area contributed by atoms with Gasteiger partial charge >= 0.3 is 5.97 Å². The number of nitrogens with zero attached hydrogens (tertiary/aromatic N) is 1. The van der Waals surface area contributed by atoms with Gasteiger partial charge in [-0.1, -0.05) is 0 Å². The molecule has 1 aliphatic heterocycles. The molecule has 0 spiro atoms. The molecule has 0 N–H and O–H groups in total. The van der Waals surface area contributed by atoms with Crippen molar-refractivity contribution >= 4 is 11.9 Å². The van der Waals surface area contributed by atoms with E-state index in [4.69, 9.17) is 4.74 Å². The van der Waals surface area contributed by atoms with Crippen molar-refractivity contribution in [2.24, 2.45) is 0 Å². The van der Waals surface area contributed by atoms with Gasteiger partial charge in [0.1, 0.15) is 6.54 Å². The number of rotatable bonds is 5. The number of ether oxygens (including phenoxy) is 2. The van der Waals surface area contributed by atoms with E-state index in [1.807, 2.05) is 13.8 Å². The summed E-state index contributed by atoms with van der Waals surface area (Å²) in [6, 6.07) is -0.0111. The molecule has 0 saturated carbocycles. The summed E-state index contributed by atoms with van der Waals surface area (Å²) >= 11 is 0. The Hall–Kier alpha value is -1.10. The SMILES string of the molecule is COC(=O)CN(C(=O)CC1CCCO1)C(C)C. The van der Waals surface area contributed by atoms with E-state index < -0.39 is 0 Å². The number of esters is 1. The van der Waals surface area contributed by atoms with Gasteiger partial charge in [-0.05, 0) is 26.7 Å². The van der Waals surface area contributed by atoms with Crippen LogP contribution in [0.15, 0.2) is 0 Å². The van der Waals surface area contributed by atoms with Gasteiger partial charge in [0, 0.05) is 12.6 Å². The van der Waals surface area contributed by atoms with Crippen molar-refractivity contribution in [2.75, 3.05) is 20.3 Å². The van der Waals surface area contributed by atoms with E-state index in [9.17, 15) is 9.59 Å². The summed E-state index contributed by atoms with van der Waals surface area (Å²) in [5.74, 6) is -0.434. The van der Waals surface area contributed by atoms with Crippen molar-refractivity contribution in [3.8, 4) is 0 Å².